The number of hydrogen-bond acceptors (Lipinski definition) is 4. The van der Waals surface area contributed by atoms with Crippen LogP contribution in [0.2, 0.25) is 0 Å². The molecule has 3 saturated carbocycles. The molecule has 0 aromatic carbocycles. The molecule has 6 heteroatoms. The zero-order valence-electron chi connectivity index (χ0n) is 19.9. The monoisotopic (exact) mass is 453 g/mol. The van der Waals surface area contributed by atoms with Crippen LogP contribution in [0.5, 0.6) is 0 Å². The van der Waals surface area contributed by atoms with Crippen molar-refractivity contribution in [1.29, 1.82) is 0 Å². The molecule has 4 aliphatic rings. The van der Waals surface area contributed by atoms with Gasteiger partial charge in [-0.05, 0) is 68.9 Å². The molecule has 1 aromatic heterocycles. The number of carbonyl (C=O) groups excluding carboxylic acids is 1. The molecule has 2 heterocycles. The Balaban J connectivity index is 1.35. The fourth-order valence-corrected chi connectivity index (χ4v) is 6.59. The molecule has 6 nitrogen and oxygen atoms in total. The van der Waals surface area contributed by atoms with Crippen molar-refractivity contribution < 1.29 is 14.7 Å². The lowest BCUT2D eigenvalue weighted by atomic mass is 9.82. The highest BCUT2D eigenvalue weighted by molar-refractivity contribution is 5.95. The van der Waals surface area contributed by atoms with E-state index in [2.05, 4.69) is 10.2 Å². The predicted octanol–water partition coefficient (Wildman–Crippen LogP) is 4.96. The second kappa shape index (κ2) is 9.63. The lowest BCUT2D eigenvalue weighted by Crippen LogP contribution is -2.42. The van der Waals surface area contributed by atoms with Crippen molar-refractivity contribution in [3.63, 3.8) is 0 Å². The van der Waals surface area contributed by atoms with Crippen molar-refractivity contribution in [3.8, 4) is 0 Å². The van der Waals surface area contributed by atoms with Crippen molar-refractivity contribution in [2.45, 2.75) is 95.9 Å². The summed E-state index contributed by atoms with van der Waals surface area (Å²) in [4.78, 5) is 32.5. The SMILES string of the molecule is O=C(NC1CCCCC1)c1ccc(N2CCCC(C3(C(=O)O)CC3)C2)nc1CC1CCCC1. The molecule has 2 N–H and O–H groups in total. The third-order valence-corrected chi connectivity index (χ3v) is 8.84. The van der Waals surface area contributed by atoms with Crippen molar-refractivity contribution in [2.75, 3.05) is 18.0 Å². The number of carboxylic acids is 1. The highest BCUT2D eigenvalue weighted by Crippen LogP contribution is 2.55. The molecule has 33 heavy (non-hydrogen) atoms. The predicted molar refractivity (Wildman–Crippen MR) is 128 cm³/mol. The van der Waals surface area contributed by atoms with E-state index in [1.165, 1.54) is 44.9 Å². The van der Waals surface area contributed by atoms with Crippen LogP contribution < -0.4 is 10.2 Å². The first-order valence-electron chi connectivity index (χ1n) is 13.3. The quantitative estimate of drug-likeness (QED) is 0.610. The van der Waals surface area contributed by atoms with Crippen LogP contribution >= 0.6 is 0 Å². The van der Waals surface area contributed by atoms with Gasteiger partial charge in [0.1, 0.15) is 5.82 Å². The second-order valence-corrected chi connectivity index (χ2v) is 11.1. The van der Waals surface area contributed by atoms with E-state index >= 15 is 0 Å². The molecule has 5 rings (SSSR count). The van der Waals surface area contributed by atoms with Gasteiger partial charge in [0.15, 0.2) is 0 Å². The van der Waals surface area contributed by atoms with Crippen LogP contribution in [0.15, 0.2) is 12.1 Å². The maximum absolute atomic E-state index is 13.2. The lowest BCUT2D eigenvalue weighted by molar-refractivity contribution is -0.145. The average molecular weight is 454 g/mol. The molecule has 0 radical (unpaired) electrons. The Bertz CT molecular complexity index is 869. The summed E-state index contributed by atoms with van der Waals surface area (Å²) in [5.74, 6) is 1.14. The van der Waals surface area contributed by atoms with Crippen LogP contribution in [0.4, 0.5) is 5.82 Å². The van der Waals surface area contributed by atoms with E-state index in [1.807, 2.05) is 12.1 Å². The van der Waals surface area contributed by atoms with E-state index in [9.17, 15) is 14.7 Å². The van der Waals surface area contributed by atoms with E-state index < -0.39 is 11.4 Å². The molecule has 0 spiro atoms. The minimum absolute atomic E-state index is 0.0354. The lowest BCUT2D eigenvalue weighted by Gasteiger charge is -2.36. The summed E-state index contributed by atoms with van der Waals surface area (Å²) in [6.07, 6.45) is 15.3. The largest absolute Gasteiger partial charge is 0.481 e. The van der Waals surface area contributed by atoms with Gasteiger partial charge in [-0.25, -0.2) is 4.98 Å². The first-order chi connectivity index (χ1) is 16.0. The Kier molecular flexibility index (Phi) is 6.62. The third kappa shape index (κ3) is 4.90. The normalized spacial score (nSPS) is 25.7. The average Bonchev–Trinajstić information content (AvgIpc) is 3.50. The van der Waals surface area contributed by atoms with Gasteiger partial charge in [0.25, 0.3) is 5.91 Å². The van der Waals surface area contributed by atoms with E-state index in [0.717, 1.165) is 75.1 Å². The Morgan fingerprint density at radius 3 is 2.42 bits per heavy atom. The zero-order chi connectivity index (χ0) is 22.8. The molecule has 0 bridgehead atoms. The van der Waals surface area contributed by atoms with Crippen LogP contribution in [0.3, 0.4) is 0 Å². The number of nitrogens with zero attached hydrogens (tertiary/aromatic N) is 2. The number of rotatable bonds is 7. The van der Waals surface area contributed by atoms with Crippen LogP contribution in [-0.4, -0.2) is 41.1 Å². The van der Waals surface area contributed by atoms with Crippen molar-refractivity contribution >= 4 is 17.7 Å². The summed E-state index contributed by atoms with van der Waals surface area (Å²) in [5, 5.41) is 13.1. The third-order valence-electron chi connectivity index (χ3n) is 8.84. The molecule has 1 aromatic rings. The van der Waals surface area contributed by atoms with Gasteiger partial charge in [0.2, 0.25) is 0 Å². The number of carbonyl (C=O) groups is 2. The molecule has 1 atom stereocenters. The maximum Gasteiger partial charge on any atom is 0.309 e. The van der Waals surface area contributed by atoms with Gasteiger partial charge in [-0.1, -0.05) is 44.9 Å². The number of nitrogens with one attached hydrogen (secondary N) is 1. The number of aromatic nitrogens is 1. The van der Waals surface area contributed by atoms with E-state index in [4.69, 9.17) is 4.98 Å². The molecule has 3 aliphatic carbocycles. The fraction of sp³-hybridized carbons (Fsp3) is 0.741. The number of piperidine rings is 1. The molecule has 180 valence electrons. The summed E-state index contributed by atoms with van der Waals surface area (Å²) in [6.45, 7) is 1.67. The van der Waals surface area contributed by atoms with Crippen molar-refractivity contribution in [1.82, 2.24) is 10.3 Å². The first kappa shape index (κ1) is 22.7. The fourth-order valence-electron chi connectivity index (χ4n) is 6.59. The molecule has 1 saturated heterocycles. The van der Waals surface area contributed by atoms with E-state index in [0.29, 0.717) is 12.0 Å². The van der Waals surface area contributed by atoms with Gasteiger partial charge < -0.3 is 15.3 Å². The van der Waals surface area contributed by atoms with Gasteiger partial charge >= 0.3 is 5.97 Å². The van der Waals surface area contributed by atoms with E-state index in [-0.39, 0.29) is 11.8 Å². The summed E-state index contributed by atoms with van der Waals surface area (Å²) in [6, 6.07) is 4.27. The molecule has 4 fully saturated rings. The van der Waals surface area contributed by atoms with Crippen LogP contribution in [0, 0.1) is 17.3 Å². The van der Waals surface area contributed by atoms with Gasteiger partial charge in [-0.15, -0.1) is 0 Å². The minimum atomic E-state index is -0.626. The van der Waals surface area contributed by atoms with Gasteiger partial charge in [-0.3, -0.25) is 9.59 Å². The smallest absolute Gasteiger partial charge is 0.309 e. The summed E-state index contributed by atoms with van der Waals surface area (Å²) in [7, 11) is 0. The van der Waals surface area contributed by atoms with Gasteiger partial charge in [-0.2, -0.15) is 0 Å². The standard InChI is InChI=1S/C27H39N3O3/c31-25(28-21-10-2-1-3-11-21)22-12-13-24(29-23(22)17-19-7-4-5-8-19)30-16-6-9-20(18-30)27(14-15-27)26(32)33/h12-13,19-21H,1-11,14-18H2,(H,28,31)(H,32,33). The number of amides is 1. The Hall–Kier alpha value is -2.11. The van der Waals surface area contributed by atoms with Crippen LogP contribution in [0.25, 0.3) is 0 Å². The minimum Gasteiger partial charge on any atom is -0.481 e. The van der Waals surface area contributed by atoms with Crippen LogP contribution in [-0.2, 0) is 11.2 Å². The number of pyridine rings is 1. The van der Waals surface area contributed by atoms with Crippen molar-refractivity contribution in [3.05, 3.63) is 23.4 Å². The second-order valence-electron chi connectivity index (χ2n) is 11.1. The topological polar surface area (TPSA) is 82.5 Å². The number of hydrogen-bond donors (Lipinski definition) is 2. The molecule has 1 amide bonds. The number of carboxylic acid groups (broad SMARTS) is 1. The summed E-state index contributed by atoms with van der Waals surface area (Å²) in [5.41, 5.74) is 1.17. The van der Waals surface area contributed by atoms with Gasteiger partial charge in [0.05, 0.1) is 16.7 Å². The van der Waals surface area contributed by atoms with Crippen LogP contribution in [0.1, 0.15) is 99.5 Å². The number of aliphatic carboxylic acids is 1. The molecule has 1 aliphatic heterocycles. The zero-order valence-corrected chi connectivity index (χ0v) is 19.9. The molecular weight excluding hydrogens is 414 g/mol. The molecular formula is C27H39N3O3. The van der Waals surface area contributed by atoms with Crippen molar-refractivity contribution in [2.24, 2.45) is 17.3 Å². The van der Waals surface area contributed by atoms with Gasteiger partial charge in [0, 0.05) is 19.1 Å². The van der Waals surface area contributed by atoms with E-state index in [1.54, 1.807) is 0 Å². The Morgan fingerprint density at radius 1 is 1.00 bits per heavy atom. The number of anilines is 1. The molecule has 1 unspecified atom stereocenters. The summed E-state index contributed by atoms with van der Waals surface area (Å²) < 4.78 is 0. The summed E-state index contributed by atoms with van der Waals surface area (Å²) >= 11 is 0. The highest BCUT2D eigenvalue weighted by Gasteiger charge is 2.56. The maximum atomic E-state index is 13.2. The Morgan fingerprint density at radius 2 is 1.73 bits per heavy atom. The first-order valence-corrected chi connectivity index (χ1v) is 13.3. The highest BCUT2D eigenvalue weighted by atomic mass is 16.4. The Labute approximate surface area is 197 Å².